The fourth-order valence-corrected chi connectivity index (χ4v) is 2.76. The fraction of sp³-hybridized carbons (Fsp3) is 0.235. The van der Waals surface area contributed by atoms with Gasteiger partial charge in [0.15, 0.2) is 0 Å². The van der Waals surface area contributed by atoms with Crippen molar-refractivity contribution < 1.29 is 19.9 Å². The Hall–Kier alpha value is -2.77. The first-order valence-corrected chi connectivity index (χ1v) is 7.56. The van der Waals surface area contributed by atoms with Gasteiger partial charge in [0.2, 0.25) is 0 Å². The van der Waals surface area contributed by atoms with Crippen LogP contribution in [0, 0.1) is 0 Å². The standard InChI is InChI=1S/C17H19N3O4/c1-24-16-6-5-12(11-19-8-7-18-17(19)21)9-15(16)13-3-2-4-14(10-13)20(22)23/h2-6,9-10,22-23H,7-8,11H2,1H3,(H,18,21). The van der Waals surface area contributed by atoms with Gasteiger partial charge >= 0.3 is 6.03 Å². The normalized spacial score (nSPS) is 13.8. The summed E-state index contributed by atoms with van der Waals surface area (Å²) in [4.78, 5) is 13.4. The summed E-state index contributed by atoms with van der Waals surface area (Å²) in [7, 11) is 1.58. The van der Waals surface area contributed by atoms with Crippen LogP contribution >= 0.6 is 0 Å². The highest BCUT2D eigenvalue weighted by atomic mass is 16.8. The summed E-state index contributed by atoms with van der Waals surface area (Å²) in [5.41, 5.74) is 2.82. The van der Waals surface area contributed by atoms with Gasteiger partial charge in [-0.3, -0.25) is 10.4 Å². The maximum Gasteiger partial charge on any atom is 0.317 e. The molecular formula is C17H19N3O4. The van der Waals surface area contributed by atoms with E-state index in [0.717, 1.165) is 16.7 Å². The predicted molar refractivity (Wildman–Crippen MR) is 88.3 cm³/mol. The molecule has 1 heterocycles. The van der Waals surface area contributed by atoms with E-state index >= 15 is 0 Å². The number of anilines is 1. The minimum absolute atomic E-state index is 0.0643. The average molecular weight is 329 g/mol. The molecule has 0 saturated carbocycles. The molecule has 24 heavy (non-hydrogen) atoms. The fourth-order valence-electron chi connectivity index (χ4n) is 2.76. The summed E-state index contributed by atoms with van der Waals surface area (Å²) in [5.74, 6) is 0.671. The third-order valence-corrected chi connectivity index (χ3v) is 3.97. The lowest BCUT2D eigenvalue weighted by atomic mass is 10.0. The number of benzene rings is 2. The first kappa shape index (κ1) is 16.1. The molecule has 2 aromatic rings. The Morgan fingerprint density at radius 1 is 1.25 bits per heavy atom. The molecule has 1 fully saturated rings. The van der Waals surface area contributed by atoms with Crippen LogP contribution in [-0.2, 0) is 6.54 Å². The number of hydrogen-bond acceptors (Lipinski definition) is 5. The number of nitrogens with zero attached hydrogens (tertiary/aromatic N) is 2. The van der Waals surface area contributed by atoms with Crippen molar-refractivity contribution in [2.45, 2.75) is 6.54 Å². The minimum atomic E-state index is -0.0643. The predicted octanol–water partition coefficient (Wildman–Crippen LogP) is 2.47. The Bertz CT molecular complexity index is 748. The number of urea groups is 1. The summed E-state index contributed by atoms with van der Waals surface area (Å²) in [6, 6.07) is 12.5. The van der Waals surface area contributed by atoms with E-state index in [9.17, 15) is 15.2 Å². The van der Waals surface area contributed by atoms with Gasteiger partial charge in [0.25, 0.3) is 0 Å². The maximum absolute atomic E-state index is 11.7. The van der Waals surface area contributed by atoms with E-state index in [4.69, 9.17) is 4.74 Å². The quantitative estimate of drug-likeness (QED) is 0.734. The molecule has 126 valence electrons. The Morgan fingerprint density at radius 3 is 2.75 bits per heavy atom. The molecule has 1 aliphatic heterocycles. The molecule has 1 saturated heterocycles. The monoisotopic (exact) mass is 329 g/mol. The second-order valence-electron chi connectivity index (χ2n) is 5.53. The van der Waals surface area contributed by atoms with E-state index in [1.807, 2.05) is 24.3 Å². The topological polar surface area (TPSA) is 85.3 Å². The van der Waals surface area contributed by atoms with Crippen LogP contribution in [0.25, 0.3) is 11.1 Å². The largest absolute Gasteiger partial charge is 0.496 e. The van der Waals surface area contributed by atoms with Gasteiger partial charge < -0.3 is 15.0 Å². The van der Waals surface area contributed by atoms with Crippen LogP contribution in [0.1, 0.15) is 5.56 Å². The van der Waals surface area contributed by atoms with E-state index in [1.165, 1.54) is 0 Å². The first-order valence-electron chi connectivity index (χ1n) is 7.56. The van der Waals surface area contributed by atoms with E-state index in [-0.39, 0.29) is 16.9 Å². The van der Waals surface area contributed by atoms with Crippen LogP contribution in [0.2, 0.25) is 0 Å². The van der Waals surface area contributed by atoms with Crippen LogP contribution in [0.15, 0.2) is 42.5 Å². The zero-order chi connectivity index (χ0) is 17.1. The highest BCUT2D eigenvalue weighted by molar-refractivity contribution is 5.77. The molecule has 2 aromatic carbocycles. The zero-order valence-electron chi connectivity index (χ0n) is 13.3. The van der Waals surface area contributed by atoms with Gasteiger partial charge in [0, 0.05) is 25.2 Å². The molecule has 0 bridgehead atoms. The Morgan fingerprint density at radius 2 is 2.08 bits per heavy atom. The molecule has 1 aliphatic rings. The minimum Gasteiger partial charge on any atom is -0.496 e. The molecule has 3 N–H and O–H groups in total. The van der Waals surface area contributed by atoms with Crippen LogP contribution in [-0.4, -0.2) is 41.5 Å². The molecular weight excluding hydrogens is 310 g/mol. The van der Waals surface area contributed by atoms with Crippen molar-refractivity contribution in [1.82, 2.24) is 10.2 Å². The van der Waals surface area contributed by atoms with E-state index < -0.39 is 0 Å². The van der Waals surface area contributed by atoms with Crippen molar-refractivity contribution in [2.24, 2.45) is 0 Å². The van der Waals surface area contributed by atoms with E-state index in [1.54, 1.807) is 30.2 Å². The molecule has 7 nitrogen and oxygen atoms in total. The summed E-state index contributed by atoms with van der Waals surface area (Å²) < 4.78 is 5.41. The van der Waals surface area contributed by atoms with Crippen molar-refractivity contribution in [3.8, 4) is 16.9 Å². The number of carbonyl (C=O) groups is 1. The van der Waals surface area contributed by atoms with Crippen molar-refractivity contribution >= 4 is 11.7 Å². The number of methoxy groups -OCH3 is 1. The molecule has 2 amide bonds. The van der Waals surface area contributed by atoms with Gasteiger partial charge in [-0.25, -0.2) is 4.79 Å². The highest BCUT2D eigenvalue weighted by Crippen LogP contribution is 2.33. The molecule has 3 rings (SSSR count). The lowest BCUT2D eigenvalue weighted by Crippen LogP contribution is -2.27. The molecule has 0 aromatic heterocycles. The van der Waals surface area contributed by atoms with Gasteiger partial charge in [0.1, 0.15) is 5.75 Å². The first-order chi connectivity index (χ1) is 11.6. The number of carbonyl (C=O) groups excluding carboxylic acids is 1. The molecule has 7 heteroatoms. The van der Waals surface area contributed by atoms with Gasteiger partial charge in [-0.05, 0) is 35.4 Å². The van der Waals surface area contributed by atoms with Gasteiger partial charge in [-0.1, -0.05) is 18.2 Å². The van der Waals surface area contributed by atoms with Crippen molar-refractivity contribution in [3.05, 3.63) is 48.0 Å². The third-order valence-electron chi connectivity index (χ3n) is 3.97. The summed E-state index contributed by atoms with van der Waals surface area (Å²) in [5, 5.41) is 21.3. The summed E-state index contributed by atoms with van der Waals surface area (Å²) in [6.45, 7) is 1.85. The number of nitrogens with one attached hydrogen (secondary N) is 1. The molecule has 0 atom stereocenters. The lowest BCUT2D eigenvalue weighted by molar-refractivity contribution is 0.0292. The zero-order valence-corrected chi connectivity index (χ0v) is 13.3. The Kier molecular flexibility index (Phi) is 4.54. The van der Waals surface area contributed by atoms with Crippen LogP contribution in [0.5, 0.6) is 5.75 Å². The Labute approximate surface area is 139 Å². The van der Waals surface area contributed by atoms with Gasteiger partial charge in [-0.2, -0.15) is 0 Å². The van der Waals surface area contributed by atoms with Crippen LogP contribution in [0.3, 0.4) is 0 Å². The third kappa shape index (κ3) is 3.27. The molecule has 0 aliphatic carbocycles. The van der Waals surface area contributed by atoms with Gasteiger partial charge in [0.05, 0.1) is 12.8 Å². The number of rotatable bonds is 5. The van der Waals surface area contributed by atoms with Crippen molar-refractivity contribution in [1.29, 1.82) is 0 Å². The van der Waals surface area contributed by atoms with Gasteiger partial charge in [-0.15, -0.1) is 5.23 Å². The summed E-state index contributed by atoms with van der Waals surface area (Å²) >= 11 is 0. The second kappa shape index (κ2) is 6.77. The smallest absolute Gasteiger partial charge is 0.317 e. The second-order valence-corrected chi connectivity index (χ2v) is 5.53. The molecule has 0 unspecified atom stereocenters. The highest BCUT2D eigenvalue weighted by Gasteiger charge is 2.20. The van der Waals surface area contributed by atoms with Crippen molar-refractivity contribution in [3.63, 3.8) is 0 Å². The van der Waals surface area contributed by atoms with E-state index in [2.05, 4.69) is 5.32 Å². The molecule has 0 radical (unpaired) electrons. The van der Waals surface area contributed by atoms with E-state index in [0.29, 0.717) is 25.4 Å². The average Bonchev–Trinajstić information content (AvgIpc) is 3.00. The lowest BCUT2D eigenvalue weighted by Gasteiger charge is -2.17. The maximum atomic E-state index is 11.7. The number of amides is 2. The Balaban J connectivity index is 1.95. The number of hydrogen-bond donors (Lipinski definition) is 3. The summed E-state index contributed by atoms with van der Waals surface area (Å²) in [6.07, 6.45) is 0. The van der Waals surface area contributed by atoms with Crippen LogP contribution < -0.4 is 15.3 Å². The van der Waals surface area contributed by atoms with Crippen molar-refractivity contribution in [2.75, 3.05) is 25.4 Å². The number of ether oxygens (including phenoxy) is 1. The SMILES string of the molecule is COc1ccc(CN2CCNC2=O)cc1-c1cccc(N(O)O)c1. The molecule has 0 spiro atoms. The van der Waals surface area contributed by atoms with Crippen LogP contribution in [0.4, 0.5) is 10.5 Å².